The van der Waals surface area contributed by atoms with Crippen LogP contribution in [0.15, 0.2) is 59.8 Å². The Labute approximate surface area is 171 Å². The van der Waals surface area contributed by atoms with Gasteiger partial charge in [-0.25, -0.2) is 0 Å². The van der Waals surface area contributed by atoms with E-state index in [1.54, 1.807) is 12.1 Å². The van der Waals surface area contributed by atoms with E-state index >= 15 is 0 Å². The van der Waals surface area contributed by atoms with Gasteiger partial charge >= 0.3 is 0 Å². The van der Waals surface area contributed by atoms with E-state index in [2.05, 4.69) is 10.2 Å². The highest BCUT2D eigenvalue weighted by Gasteiger charge is 2.27. The predicted molar refractivity (Wildman–Crippen MR) is 108 cm³/mol. The number of para-hydroxylation sites is 1. The van der Waals surface area contributed by atoms with E-state index in [9.17, 15) is 9.59 Å². The van der Waals surface area contributed by atoms with Crippen LogP contribution in [-0.2, 0) is 9.59 Å². The molecule has 2 heterocycles. The molecule has 28 heavy (non-hydrogen) atoms. The lowest BCUT2D eigenvalue weighted by atomic mass is 10.2. The molecule has 1 aromatic heterocycles. The smallest absolute Gasteiger partial charge is 0.239 e. The number of carbonyl (C=O) groups excluding carboxylic acids is 2. The Kier molecular flexibility index (Phi) is 5.45. The van der Waals surface area contributed by atoms with Crippen LogP contribution in [0.2, 0.25) is 5.02 Å². The first kappa shape index (κ1) is 18.7. The first-order chi connectivity index (χ1) is 13.6. The topological polar surface area (TPSA) is 68.1 Å². The molecule has 1 aliphatic rings. The van der Waals surface area contributed by atoms with Gasteiger partial charge in [0.2, 0.25) is 11.8 Å². The van der Waals surface area contributed by atoms with Crippen LogP contribution in [0, 0.1) is 0 Å². The van der Waals surface area contributed by atoms with Gasteiger partial charge in [-0.3, -0.25) is 19.1 Å². The van der Waals surface area contributed by atoms with E-state index in [1.807, 2.05) is 47.0 Å². The number of likely N-dealkylation sites (tertiary alicyclic amines) is 1. The third-order valence-corrected chi connectivity index (χ3v) is 5.62. The SMILES string of the molecule is O=C1CCCN1C(=O)CSc1nnc(-c2ccc(Cl)cc2)n1-c1ccccc1. The van der Waals surface area contributed by atoms with Crippen LogP contribution in [0.4, 0.5) is 0 Å². The van der Waals surface area contributed by atoms with Crippen molar-refractivity contribution in [2.45, 2.75) is 18.0 Å². The minimum Gasteiger partial charge on any atom is -0.282 e. The maximum absolute atomic E-state index is 12.4. The molecule has 142 valence electrons. The molecule has 6 nitrogen and oxygen atoms in total. The van der Waals surface area contributed by atoms with E-state index in [4.69, 9.17) is 11.6 Å². The molecule has 0 saturated carbocycles. The van der Waals surface area contributed by atoms with Gasteiger partial charge in [0.15, 0.2) is 11.0 Å². The van der Waals surface area contributed by atoms with Crippen molar-refractivity contribution >= 4 is 35.2 Å². The fourth-order valence-electron chi connectivity index (χ4n) is 3.08. The summed E-state index contributed by atoms with van der Waals surface area (Å²) in [6.07, 6.45) is 1.17. The predicted octanol–water partition coefficient (Wildman–Crippen LogP) is 3.83. The molecule has 3 aromatic rings. The molecule has 1 saturated heterocycles. The third kappa shape index (κ3) is 3.81. The minimum atomic E-state index is -0.192. The summed E-state index contributed by atoms with van der Waals surface area (Å²) < 4.78 is 1.91. The molecule has 4 rings (SSSR count). The Morgan fingerprint density at radius 2 is 1.82 bits per heavy atom. The fraction of sp³-hybridized carbons (Fsp3) is 0.200. The zero-order valence-electron chi connectivity index (χ0n) is 14.9. The molecule has 8 heteroatoms. The number of nitrogens with zero attached hydrogens (tertiary/aromatic N) is 4. The second-order valence-corrected chi connectivity index (χ2v) is 7.69. The summed E-state index contributed by atoms with van der Waals surface area (Å²) in [7, 11) is 0. The van der Waals surface area contributed by atoms with Gasteiger partial charge in [0.05, 0.1) is 5.75 Å². The van der Waals surface area contributed by atoms with Gasteiger partial charge in [-0.2, -0.15) is 0 Å². The highest BCUT2D eigenvalue weighted by molar-refractivity contribution is 7.99. The van der Waals surface area contributed by atoms with Crippen molar-refractivity contribution in [1.29, 1.82) is 0 Å². The van der Waals surface area contributed by atoms with Gasteiger partial charge in [0, 0.05) is 29.2 Å². The van der Waals surface area contributed by atoms with E-state index < -0.39 is 0 Å². The molecular formula is C20H17ClN4O2S. The second kappa shape index (κ2) is 8.16. The van der Waals surface area contributed by atoms with E-state index in [-0.39, 0.29) is 17.6 Å². The molecule has 2 amide bonds. The van der Waals surface area contributed by atoms with Crippen LogP contribution in [0.5, 0.6) is 0 Å². The molecule has 0 radical (unpaired) electrons. The van der Waals surface area contributed by atoms with Gasteiger partial charge in [-0.1, -0.05) is 41.6 Å². The summed E-state index contributed by atoms with van der Waals surface area (Å²) in [5.41, 5.74) is 1.76. The first-order valence-electron chi connectivity index (χ1n) is 8.86. The third-order valence-electron chi connectivity index (χ3n) is 4.45. The number of aromatic nitrogens is 3. The molecule has 0 N–H and O–H groups in total. The van der Waals surface area contributed by atoms with Crippen LogP contribution in [-0.4, -0.2) is 43.8 Å². The fourth-order valence-corrected chi connectivity index (χ4v) is 4.03. The second-order valence-electron chi connectivity index (χ2n) is 6.32. The Morgan fingerprint density at radius 3 is 2.50 bits per heavy atom. The Bertz CT molecular complexity index is 1000. The van der Waals surface area contributed by atoms with Crippen LogP contribution in [0.1, 0.15) is 12.8 Å². The molecule has 0 spiro atoms. The van der Waals surface area contributed by atoms with Crippen molar-refractivity contribution in [2.75, 3.05) is 12.3 Å². The number of thioether (sulfide) groups is 1. The molecule has 1 aliphatic heterocycles. The lowest BCUT2D eigenvalue weighted by molar-refractivity contribution is -0.140. The average Bonchev–Trinajstić information content (AvgIpc) is 3.33. The normalized spacial score (nSPS) is 13.9. The summed E-state index contributed by atoms with van der Waals surface area (Å²) in [5, 5.41) is 9.87. The summed E-state index contributed by atoms with van der Waals surface area (Å²) >= 11 is 7.28. The number of hydrogen-bond donors (Lipinski definition) is 0. The zero-order valence-corrected chi connectivity index (χ0v) is 16.5. The summed E-state index contributed by atoms with van der Waals surface area (Å²) in [6.45, 7) is 0.500. The van der Waals surface area contributed by atoms with Crippen molar-refractivity contribution in [3.8, 4) is 17.1 Å². The van der Waals surface area contributed by atoms with Gasteiger partial charge in [0.25, 0.3) is 0 Å². The van der Waals surface area contributed by atoms with E-state index in [1.165, 1.54) is 16.7 Å². The number of halogens is 1. The van der Waals surface area contributed by atoms with Crippen molar-refractivity contribution in [2.24, 2.45) is 0 Å². The van der Waals surface area contributed by atoms with Crippen molar-refractivity contribution < 1.29 is 9.59 Å². The van der Waals surface area contributed by atoms with Crippen LogP contribution < -0.4 is 0 Å². The van der Waals surface area contributed by atoms with E-state index in [0.29, 0.717) is 29.0 Å². The van der Waals surface area contributed by atoms with Crippen molar-refractivity contribution in [1.82, 2.24) is 19.7 Å². The maximum Gasteiger partial charge on any atom is 0.239 e. The highest BCUT2D eigenvalue weighted by Crippen LogP contribution is 2.29. The minimum absolute atomic E-state index is 0.100. The number of hydrogen-bond acceptors (Lipinski definition) is 5. The molecule has 0 unspecified atom stereocenters. The van der Waals surface area contributed by atoms with Crippen molar-refractivity contribution in [3.05, 3.63) is 59.6 Å². The molecule has 0 aliphatic carbocycles. The van der Waals surface area contributed by atoms with Gasteiger partial charge in [0.1, 0.15) is 0 Å². The van der Waals surface area contributed by atoms with Crippen LogP contribution in [0.25, 0.3) is 17.1 Å². The monoisotopic (exact) mass is 412 g/mol. The number of rotatable bonds is 5. The number of amides is 2. The summed E-state index contributed by atoms with van der Waals surface area (Å²) in [6, 6.07) is 17.1. The average molecular weight is 413 g/mol. The molecule has 2 aromatic carbocycles. The Hall–Kier alpha value is -2.64. The maximum atomic E-state index is 12.4. The highest BCUT2D eigenvalue weighted by atomic mass is 35.5. The number of carbonyl (C=O) groups is 2. The largest absolute Gasteiger partial charge is 0.282 e. The van der Waals surface area contributed by atoms with E-state index in [0.717, 1.165) is 17.7 Å². The van der Waals surface area contributed by atoms with Gasteiger partial charge < -0.3 is 0 Å². The molecule has 0 bridgehead atoms. The molecular weight excluding hydrogens is 396 g/mol. The zero-order chi connectivity index (χ0) is 19.5. The summed E-state index contributed by atoms with van der Waals surface area (Å²) in [4.78, 5) is 25.5. The molecule has 0 atom stereocenters. The van der Waals surface area contributed by atoms with Crippen LogP contribution >= 0.6 is 23.4 Å². The first-order valence-corrected chi connectivity index (χ1v) is 10.2. The van der Waals surface area contributed by atoms with Gasteiger partial charge in [-0.15, -0.1) is 10.2 Å². The van der Waals surface area contributed by atoms with Crippen molar-refractivity contribution in [3.63, 3.8) is 0 Å². The number of benzene rings is 2. The van der Waals surface area contributed by atoms with Gasteiger partial charge in [-0.05, 0) is 42.8 Å². The van der Waals surface area contributed by atoms with Crippen LogP contribution in [0.3, 0.4) is 0 Å². The standard InChI is InChI=1S/C20H17ClN4O2S/c21-15-10-8-14(9-11-15)19-22-23-20(25(19)16-5-2-1-3-6-16)28-13-18(27)24-12-4-7-17(24)26/h1-3,5-6,8-11H,4,7,12-13H2. The lowest BCUT2D eigenvalue weighted by Crippen LogP contribution is -2.33. The quantitative estimate of drug-likeness (QED) is 0.596. The molecule has 1 fully saturated rings. The lowest BCUT2D eigenvalue weighted by Gasteiger charge is -2.13. The number of imide groups is 1. The summed E-state index contributed by atoms with van der Waals surface area (Å²) in [5.74, 6) is 0.507. The Balaban J connectivity index is 1.64. The Morgan fingerprint density at radius 1 is 1.07 bits per heavy atom.